The van der Waals surface area contributed by atoms with E-state index in [1.807, 2.05) is 24.4 Å². The van der Waals surface area contributed by atoms with Gasteiger partial charge in [0.15, 0.2) is 0 Å². The van der Waals surface area contributed by atoms with E-state index in [-0.39, 0.29) is 6.10 Å². The summed E-state index contributed by atoms with van der Waals surface area (Å²) in [5, 5.41) is 1.97. The molecule has 0 saturated carbocycles. The van der Waals surface area contributed by atoms with Gasteiger partial charge in [-0.3, -0.25) is 4.18 Å². The fraction of sp³-hybridized carbons (Fsp3) is 0.500. The third-order valence-electron chi connectivity index (χ3n) is 1.68. The van der Waals surface area contributed by atoms with Crippen LogP contribution in [0.25, 0.3) is 0 Å². The summed E-state index contributed by atoms with van der Waals surface area (Å²) in [5.41, 5.74) is 0. The molecule has 0 aromatic carbocycles. The number of hydrogen-bond acceptors (Lipinski definition) is 4. The quantitative estimate of drug-likeness (QED) is 0.710. The van der Waals surface area contributed by atoms with Crippen molar-refractivity contribution in [1.82, 2.24) is 0 Å². The van der Waals surface area contributed by atoms with E-state index in [9.17, 15) is 8.76 Å². The van der Waals surface area contributed by atoms with Gasteiger partial charge in [-0.05, 0) is 17.9 Å². The monoisotopic (exact) mass is 219 g/mol. The van der Waals surface area contributed by atoms with Crippen molar-refractivity contribution in [3.63, 3.8) is 0 Å². The molecule has 2 unspecified atom stereocenters. The predicted octanol–water partition coefficient (Wildman–Crippen LogP) is 1.88. The van der Waals surface area contributed by atoms with Crippen molar-refractivity contribution >= 4 is 22.7 Å². The first-order valence-electron chi connectivity index (χ1n) is 4.01. The molecule has 0 bridgehead atoms. The Morgan fingerprint density at radius 3 is 3.00 bits per heavy atom. The van der Waals surface area contributed by atoms with Gasteiger partial charge in [-0.15, -0.1) is 11.3 Å². The minimum absolute atomic E-state index is 0.225. The Labute approximate surface area is 84.2 Å². The fourth-order valence-corrected chi connectivity index (χ4v) is 2.21. The van der Waals surface area contributed by atoms with Crippen molar-refractivity contribution in [3.05, 3.63) is 22.4 Å². The Bertz CT molecular complexity index is 258. The SMILES string of the molecule is CCC(Cc1cccs1)OS(=O)[O-]. The summed E-state index contributed by atoms with van der Waals surface area (Å²) in [6.07, 6.45) is 1.14. The van der Waals surface area contributed by atoms with Gasteiger partial charge in [0, 0.05) is 11.3 Å². The molecule has 0 saturated heterocycles. The summed E-state index contributed by atoms with van der Waals surface area (Å²) in [6.45, 7) is 1.91. The van der Waals surface area contributed by atoms with Crippen LogP contribution in [0.15, 0.2) is 17.5 Å². The van der Waals surface area contributed by atoms with Gasteiger partial charge in [-0.2, -0.15) is 0 Å². The van der Waals surface area contributed by atoms with E-state index in [0.29, 0.717) is 12.8 Å². The maximum Gasteiger partial charge on any atom is 0.0844 e. The first-order valence-corrected chi connectivity index (χ1v) is 5.89. The number of hydrogen-bond donors (Lipinski definition) is 0. The largest absolute Gasteiger partial charge is 0.750 e. The summed E-state index contributed by atoms with van der Waals surface area (Å²) in [4.78, 5) is 1.15. The molecule has 74 valence electrons. The maximum atomic E-state index is 10.3. The van der Waals surface area contributed by atoms with E-state index in [1.165, 1.54) is 0 Å². The van der Waals surface area contributed by atoms with E-state index >= 15 is 0 Å². The number of thiophene rings is 1. The van der Waals surface area contributed by atoms with Crippen LogP contribution in [-0.4, -0.2) is 14.9 Å². The van der Waals surface area contributed by atoms with Gasteiger partial charge in [0.2, 0.25) is 0 Å². The molecule has 0 aliphatic rings. The maximum absolute atomic E-state index is 10.3. The highest BCUT2D eigenvalue weighted by molar-refractivity contribution is 7.74. The Hall–Kier alpha value is -0.230. The third kappa shape index (κ3) is 3.99. The van der Waals surface area contributed by atoms with Crippen molar-refractivity contribution in [1.29, 1.82) is 0 Å². The lowest BCUT2D eigenvalue weighted by Crippen LogP contribution is -2.15. The van der Waals surface area contributed by atoms with Gasteiger partial charge in [0.25, 0.3) is 0 Å². The van der Waals surface area contributed by atoms with E-state index in [1.54, 1.807) is 11.3 Å². The minimum atomic E-state index is -2.40. The Morgan fingerprint density at radius 1 is 1.77 bits per heavy atom. The first kappa shape index (κ1) is 10.8. The highest BCUT2D eigenvalue weighted by Crippen LogP contribution is 2.14. The summed E-state index contributed by atoms with van der Waals surface area (Å²) in [5.74, 6) is 0. The zero-order valence-corrected chi connectivity index (χ0v) is 8.90. The van der Waals surface area contributed by atoms with Crippen LogP contribution in [0.3, 0.4) is 0 Å². The Morgan fingerprint density at radius 2 is 2.54 bits per heavy atom. The average Bonchev–Trinajstić information content (AvgIpc) is 2.55. The predicted molar refractivity (Wildman–Crippen MR) is 52.1 cm³/mol. The number of rotatable bonds is 5. The first-order chi connectivity index (χ1) is 6.22. The van der Waals surface area contributed by atoms with Gasteiger partial charge in [-0.25, -0.2) is 4.21 Å². The standard InChI is InChI=1S/C8H12O3S2/c1-2-7(11-13(9)10)6-8-4-3-5-12-8/h3-5,7H,2,6H2,1H3,(H,9,10)/p-1. The molecule has 2 atom stereocenters. The van der Waals surface area contributed by atoms with Crippen LogP contribution in [0.2, 0.25) is 0 Å². The molecular weight excluding hydrogens is 208 g/mol. The second-order valence-electron chi connectivity index (χ2n) is 2.61. The molecule has 1 aromatic rings. The van der Waals surface area contributed by atoms with Gasteiger partial charge < -0.3 is 4.55 Å². The molecule has 3 nitrogen and oxygen atoms in total. The van der Waals surface area contributed by atoms with E-state index in [4.69, 9.17) is 4.18 Å². The van der Waals surface area contributed by atoms with Crippen molar-refractivity contribution in [2.24, 2.45) is 0 Å². The average molecular weight is 219 g/mol. The molecule has 5 heteroatoms. The molecule has 0 radical (unpaired) electrons. The smallest absolute Gasteiger partial charge is 0.0844 e. The van der Waals surface area contributed by atoms with Crippen LogP contribution < -0.4 is 0 Å². The normalized spacial score (nSPS) is 15.5. The molecule has 0 aliphatic carbocycles. The van der Waals surface area contributed by atoms with Crippen molar-refractivity contribution in [2.75, 3.05) is 0 Å². The van der Waals surface area contributed by atoms with Gasteiger partial charge in [0.05, 0.1) is 17.5 Å². The molecule has 1 heterocycles. The highest BCUT2D eigenvalue weighted by Gasteiger charge is 2.08. The van der Waals surface area contributed by atoms with Crippen LogP contribution in [0.4, 0.5) is 0 Å². The van der Waals surface area contributed by atoms with Gasteiger partial charge >= 0.3 is 0 Å². The van der Waals surface area contributed by atoms with Gasteiger partial charge in [0.1, 0.15) is 0 Å². The molecule has 0 spiro atoms. The molecule has 0 amide bonds. The zero-order valence-electron chi connectivity index (χ0n) is 7.26. The van der Waals surface area contributed by atoms with E-state index in [2.05, 4.69) is 0 Å². The summed E-state index contributed by atoms with van der Waals surface area (Å²) in [6, 6.07) is 3.92. The van der Waals surface area contributed by atoms with E-state index in [0.717, 1.165) is 4.88 Å². The summed E-state index contributed by atoms with van der Waals surface area (Å²) < 4.78 is 25.3. The fourth-order valence-electron chi connectivity index (χ4n) is 1.01. The van der Waals surface area contributed by atoms with Crippen LogP contribution >= 0.6 is 11.3 Å². The topological polar surface area (TPSA) is 49.4 Å². The zero-order chi connectivity index (χ0) is 9.68. The lowest BCUT2D eigenvalue weighted by Gasteiger charge is -2.15. The lowest BCUT2D eigenvalue weighted by molar-refractivity contribution is 0.197. The molecule has 0 N–H and O–H groups in total. The minimum Gasteiger partial charge on any atom is -0.750 e. The third-order valence-corrected chi connectivity index (χ3v) is 3.01. The molecule has 1 rings (SSSR count). The second kappa shape index (κ2) is 5.49. The second-order valence-corrected chi connectivity index (χ2v) is 4.25. The highest BCUT2D eigenvalue weighted by atomic mass is 32.2. The molecule has 0 fully saturated rings. The Kier molecular flexibility index (Phi) is 4.58. The van der Waals surface area contributed by atoms with Crippen molar-refractivity contribution in [3.8, 4) is 0 Å². The molecule has 13 heavy (non-hydrogen) atoms. The van der Waals surface area contributed by atoms with Gasteiger partial charge in [-0.1, -0.05) is 13.0 Å². The van der Waals surface area contributed by atoms with E-state index < -0.39 is 11.4 Å². The van der Waals surface area contributed by atoms with Crippen molar-refractivity contribution < 1.29 is 12.9 Å². The molecule has 1 aromatic heterocycles. The molecular formula is C8H11O3S2-. The van der Waals surface area contributed by atoms with Crippen molar-refractivity contribution in [2.45, 2.75) is 25.9 Å². The van der Waals surface area contributed by atoms with Crippen LogP contribution in [0.1, 0.15) is 18.2 Å². The van der Waals surface area contributed by atoms with Crippen LogP contribution in [0.5, 0.6) is 0 Å². The summed E-state index contributed by atoms with van der Waals surface area (Å²) in [7, 11) is 0. The summed E-state index contributed by atoms with van der Waals surface area (Å²) >= 11 is -0.790. The van der Waals surface area contributed by atoms with Crippen LogP contribution in [-0.2, 0) is 22.0 Å². The van der Waals surface area contributed by atoms with Crippen LogP contribution in [0, 0.1) is 0 Å². The molecule has 0 aliphatic heterocycles. The lowest BCUT2D eigenvalue weighted by atomic mass is 10.2. The Balaban J connectivity index is 2.45.